The van der Waals surface area contributed by atoms with Crippen LogP contribution in [0.5, 0.6) is 0 Å². The summed E-state index contributed by atoms with van der Waals surface area (Å²) >= 11 is 12.1. The molecule has 0 fully saturated rings. The van der Waals surface area contributed by atoms with Gasteiger partial charge in [0.15, 0.2) is 6.10 Å². The van der Waals surface area contributed by atoms with Crippen molar-refractivity contribution in [3.63, 3.8) is 0 Å². The molecule has 4 aromatic carbocycles. The number of ether oxygens (including phenoxy) is 1. The highest BCUT2D eigenvalue weighted by atomic mass is 35.5. The number of amides is 1. The molecule has 1 atom stereocenters. The fourth-order valence-corrected chi connectivity index (χ4v) is 4.57. The lowest BCUT2D eigenvalue weighted by Gasteiger charge is -2.15. The fraction of sp³-hybridized carbons (Fsp3) is 0.125. The largest absolute Gasteiger partial charge is 0.449 e. The van der Waals surface area contributed by atoms with Crippen molar-refractivity contribution in [3.8, 4) is 22.5 Å². The summed E-state index contributed by atoms with van der Waals surface area (Å²) in [5, 5.41) is 3.37. The van der Waals surface area contributed by atoms with Gasteiger partial charge >= 0.3 is 5.97 Å². The molecule has 1 N–H and O–H groups in total. The molecule has 0 spiro atoms. The van der Waals surface area contributed by atoms with E-state index in [1.807, 2.05) is 62.4 Å². The molecule has 0 saturated heterocycles. The van der Waals surface area contributed by atoms with E-state index in [0.29, 0.717) is 27.4 Å². The number of carbonyl (C=O) groups is 2. The van der Waals surface area contributed by atoms with Gasteiger partial charge in [0.25, 0.3) is 5.91 Å². The second-order valence-electron chi connectivity index (χ2n) is 9.52. The van der Waals surface area contributed by atoms with Gasteiger partial charge in [-0.05, 0) is 57.2 Å². The van der Waals surface area contributed by atoms with Crippen LogP contribution in [0.4, 0.5) is 5.69 Å². The third kappa shape index (κ3) is 5.98. The Labute approximate surface area is 242 Å². The summed E-state index contributed by atoms with van der Waals surface area (Å²) in [5.74, 6) is -1.18. The van der Waals surface area contributed by atoms with Crippen LogP contribution in [-0.2, 0) is 9.53 Å². The van der Waals surface area contributed by atoms with Gasteiger partial charge < -0.3 is 10.1 Å². The molecule has 0 aliphatic carbocycles. The molecule has 200 valence electrons. The van der Waals surface area contributed by atoms with Crippen LogP contribution in [0.1, 0.15) is 28.4 Å². The molecule has 8 heteroatoms. The average molecular weight is 570 g/mol. The minimum atomic E-state index is -1.08. The number of anilines is 1. The number of carbonyl (C=O) groups excluding carboxylic acids is 2. The summed E-state index contributed by atoms with van der Waals surface area (Å²) in [4.78, 5) is 35.5. The van der Waals surface area contributed by atoms with Crippen molar-refractivity contribution < 1.29 is 14.3 Å². The van der Waals surface area contributed by atoms with Crippen LogP contribution in [0.15, 0.2) is 84.9 Å². The van der Waals surface area contributed by atoms with Gasteiger partial charge in [-0.2, -0.15) is 0 Å². The van der Waals surface area contributed by atoms with Crippen LogP contribution >= 0.6 is 23.2 Å². The first-order valence-corrected chi connectivity index (χ1v) is 13.4. The molecule has 5 rings (SSSR count). The van der Waals surface area contributed by atoms with Gasteiger partial charge in [0.05, 0.1) is 38.7 Å². The number of aromatic nitrogens is 2. The molecule has 0 aliphatic rings. The second kappa shape index (κ2) is 11.5. The number of hydrogen-bond donors (Lipinski definition) is 1. The van der Waals surface area contributed by atoms with Crippen LogP contribution in [0.3, 0.4) is 0 Å². The maximum Gasteiger partial charge on any atom is 0.338 e. The maximum absolute atomic E-state index is 13.0. The van der Waals surface area contributed by atoms with Crippen molar-refractivity contribution in [2.45, 2.75) is 26.9 Å². The molecule has 0 bridgehead atoms. The third-order valence-corrected chi connectivity index (χ3v) is 6.94. The maximum atomic E-state index is 13.0. The SMILES string of the molecule is Cc1ccc(-c2nc3ccc(C(=O)OC(C)C(=O)Nc4ccc(Cl)cc4Cl)cc3nc2-c2ccc(C)cc2)cc1. The standard InChI is InChI=1S/C32H25Cl2N3O3/c1-18-4-8-21(9-5-18)29-30(22-10-6-19(2)7-11-22)36-28-16-23(12-14-27(28)35-29)32(39)40-20(3)31(38)37-26-15-13-24(33)17-25(26)34/h4-17,20H,1-3H3,(H,37,38). The molecule has 1 aromatic heterocycles. The number of fused-ring (bicyclic) bond motifs is 1. The number of aryl methyl sites for hydroxylation is 2. The van der Waals surface area contributed by atoms with Crippen LogP contribution in [0.25, 0.3) is 33.5 Å². The van der Waals surface area contributed by atoms with Crippen LogP contribution in [0.2, 0.25) is 10.0 Å². The molecule has 6 nitrogen and oxygen atoms in total. The van der Waals surface area contributed by atoms with Crippen molar-refractivity contribution in [2.24, 2.45) is 0 Å². The average Bonchev–Trinajstić information content (AvgIpc) is 2.94. The van der Waals surface area contributed by atoms with Crippen LogP contribution in [0, 0.1) is 13.8 Å². The summed E-state index contributed by atoms with van der Waals surface area (Å²) in [6, 6.07) is 25.9. The highest BCUT2D eigenvalue weighted by Gasteiger charge is 2.21. The fourth-order valence-electron chi connectivity index (χ4n) is 4.11. The summed E-state index contributed by atoms with van der Waals surface area (Å²) in [5.41, 5.74) is 7.38. The molecule has 5 aromatic rings. The molecule has 1 heterocycles. The number of hydrogen-bond acceptors (Lipinski definition) is 5. The molecular weight excluding hydrogens is 545 g/mol. The lowest BCUT2D eigenvalue weighted by molar-refractivity contribution is -0.123. The van der Waals surface area contributed by atoms with E-state index in [2.05, 4.69) is 5.32 Å². The summed E-state index contributed by atoms with van der Waals surface area (Å²) in [6.45, 7) is 5.55. The van der Waals surface area contributed by atoms with Crippen molar-refractivity contribution in [2.75, 3.05) is 5.32 Å². The van der Waals surface area contributed by atoms with Gasteiger partial charge in [0.1, 0.15) is 0 Å². The van der Waals surface area contributed by atoms with E-state index in [0.717, 1.165) is 27.9 Å². The molecule has 1 amide bonds. The highest BCUT2D eigenvalue weighted by Crippen LogP contribution is 2.32. The second-order valence-corrected chi connectivity index (χ2v) is 10.4. The van der Waals surface area contributed by atoms with Gasteiger partial charge in [0, 0.05) is 16.1 Å². The van der Waals surface area contributed by atoms with Gasteiger partial charge in [-0.1, -0.05) is 82.9 Å². The number of rotatable bonds is 6. The Bertz CT molecular complexity index is 1740. The van der Waals surface area contributed by atoms with E-state index in [1.165, 1.54) is 13.0 Å². The molecule has 0 saturated carbocycles. The topological polar surface area (TPSA) is 81.2 Å². The summed E-state index contributed by atoms with van der Waals surface area (Å²) in [6.07, 6.45) is -1.08. The lowest BCUT2D eigenvalue weighted by Crippen LogP contribution is -2.30. The highest BCUT2D eigenvalue weighted by molar-refractivity contribution is 6.36. The van der Waals surface area contributed by atoms with Crippen molar-refractivity contribution in [1.29, 1.82) is 0 Å². The molecule has 0 aliphatic heterocycles. The van der Waals surface area contributed by atoms with Crippen LogP contribution < -0.4 is 5.32 Å². The van der Waals surface area contributed by atoms with Crippen LogP contribution in [-0.4, -0.2) is 27.9 Å². The Kier molecular flexibility index (Phi) is 7.83. The predicted molar refractivity (Wildman–Crippen MR) is 160 cm³/mol. The summed E-state index contributed by atoms with van der Waals surface area (Å²) in [7, 11) is 0. The third-order valence-electron chi connectivity index (χ3n) is 6.39. The quantitative estimate of drug-likeness (QED) is 0.209. The zero-order valence-electron chi connectivity index (χ0n) is 22.0. The van der Waals surface area contributed by atoms with Gasteiger partial charge in [-0.3, -0.25) is 4.79 Å². The number of esters is 1. The van der Waals surface area contributed by atoms with Gasteiger partial charge in [-0.15, -0.1) is 0 Å². The van der Waals surface area contributed by atoms with Crippen molar-refractivity contribution >= 4 is 51.8 Å². The Morgan fingerprint density at radius 3 is 1.90 bits per heavy atom. The van der Waals surface area contributed by atoms with Gasteiger partial charge in [-0.25, -0.2) is 14.8 Å². The number of benzene rings is 4. The minimum Gasteiger partial charge on any atom is -0.449 e. The smallest absolute Gasteiger partial charge is 0.338 e. The zero-order chi connectivity index (χ0) is 28.4. The minimum absolute atomic E-state index is 0.254. The lowest BCUT2D eigenvalue weighted by atomic mass is 10.0. The Morgan fingerprint density at radius 1 is 0.750 bits per heavy atom. The van der Waals surface area contributed by atoms with Gasteiger partial charge in [0.2, 0.25) is 0 Å². The first-order valence-electron chi connectivity index (χ1n) is 12.6. The first-order chi connectivity index (χ1) is 19.2. The van der Waals surface area contributed by atoms with Crippen molar-refractivity contribution in [1.82, 2.24) is 9.97 Å². The molecule has 40 heavy (non-hydrogen) atoms. The van der Waals surface area contributed by atoms with Crippen molar-refractivity contribution in [3.05, 3.63) is 112 Å². The first kappa shape index (κ1) is 27.3. The number of nitrogens with zero attached hydrogens (tertiary/aromatic N) is 2. The summed E-state index contributed by atoms with van der Waals surface area (Å²) < 4.78 is 5.45. The Balaban J connectivity index is 1.44. The molecule has 0 radical (unpaired) electrons. The van der Waals surface area contributed by atoms with E-state index >= 15 is 0 Å². The Morgan fingerprint density at radius 2 is 1.32 bits per heavy atom. The van der Waals surface area contributed by atoms with E-state index in [1.54, 1.807) is 30.3 Å². The molecule has 1 unspecified atom stereocenters. The van der Waals surface area contributed by atoms with E-state index in [4.69, 9.17) is 37.9 Å². The predicted octanol–water partition coefficient (Wildman–Crippen LogP) is 8.07. The number of halogens is 2. The Hall–Kier alpha value is -4.26. The zero-order valence-corrected chi connectivity index (χ0v) is 23.5. The van der Waals surface area contributed by atoms with E-state index < -0.39 is 18.0 Å². The number of nitrogens with one attached hydrogen (secondary N) is 1. The normalized spacial score (nSPS) is 11.7. The monoisotopic (exact) mass is 569 g/mol. The van der Waals surface area contributed by atoms with E-state index in [9.17, 15) is 9.59 Å². The molecular formula is C32H25Cl2N3O3. The van der Waals surface area contributed by atoms with E-state index in [-0.39, 0.29) is 10.6 Å².